The number of Topliss-reactive ketones (excluding diaryl/α,β-unsaturated/α-hetero) is 1. The summed E-state index contributed by atoms with van der Waals surface area (Å²) in [5, 5.41) is 9.28. The molecular formula is C20H27NO3. The van der Waals surface area contributed by atoms with Crippen LogP contribution < -0.4 is 4.74 Å². The lowest BCUT2D eigenvalue weighted by molar-refractivity contribution is 0.0929. The highest BCUT2D eigenvalue weighted by Crippen LogP contribution is 2.63. The van der Waals surface area contributed by atoms with E-state index in [1.54, 1.807) is 13.3 Å². The predicted octanol–water partition coefficient (Wildman–Crippen LogP) is 3.88. The molecular weight excluding hydrogens is 302 g/mol. The molecule has 2 fully saturated rings. The number of carbonyl (C=O) groups excluding carboxylic acids is 1. The topological polar surface area (TPSA) is 59.4 Å². The summed E-state index contributed by atoms with van der Waals surface area (Å²) in [6, 6.07) is 1.81. The third kappa shape index (κ3) is 3.69. The molecule has 0 radical (unpaired) electrons. The molecule has 2 saturated carbocycles. The lowest BCUT2D eigenvalue weighted by Gasteiger charge is -2.33. The van der Waals surface area contributed by atoms with Crippen LogP contribution in [0.3, 0.4) is 0 Å². The SMILES string of the molecule is CC[C@H](CO)CC(=O)c1cc(/C=C/C2CC3(CC3)C2)c(OC)cn1. The minimum absolute atomic E-state index is 0.00472. The molecule has 2 aliphatic carbocycles. The molecule has 24 heavy (non-hydrogen) atoms. The van der Waals surface area contributed by atoms with Gasteiger partial charge in [-0.3, -0.25) is 4.79 Å². The third-order valence-electron chi connectivity index (χ3n) is 5.61. The summed E-state index contributed by atoms with van der Waals surface area (Å²) < 4.78 is 5.38. The van der Waals surface area contributed by atoms with Crippen LogP contribution in [0.25, 0.3) is 6.08 Å². The fourth-order valence-corrected chi connectivity index (χ4v) is 3.63. The van der Waals surface area contributed by atoms with Gasteiger partial charge in [-0.05, 0) is 49.0 Å². The quantitative estimate of drug-likeness (QED) is 0.735. The van der Waals surface area contributed by atoms with Gasteiger partial charge in [0.2, 0.25) is 0 Å². The standard InChI is InChI=1S/C20H27NO3/c1-3-14(13-22)8-18(23)17-9-16(19(24-2)12-21-17)5-4-15-10-20(11-15)6-7-20/h4-5,9,12,14-15,22H,3,6-8,10-11,13H2,1-2H3/b5-4+/t14-/m0/s1. The second-order valence-electron chi connectivity index (χ2n) is 7.42. The Kier molecular flexibility index (Phi) is 5.04. The van der Waals surface area contributed by atoms with Gasteiger partial charge in [-0.1, -0.05) is 25.5 Å². The number of nitrogens with zero attached hydrogens (tertiary/aromatic N) is 1. The number of hydrogen-bond acceptors (Lipinski definition) is 4. The van der Waals surface area contributed by atoms with Gasteiger partial charge in [0.1, 0.15) is 11.4 Å². The molecule has 1 atom stereocenters. The molecule has 1 aromatic rings. The van der Waals surface area contributed by atoms with Crippen molar-refractivity contribution in [2.45, 2.75) is 45.4 Å². The van der Waals surface area contributed by atoms with Crippen molar-refractivity contribution in [3.05, 3.63) is 29.6 Å². The van der Waals surface area contributed by atoms with Gasteiger partial charge < -0.3 is 9.84 Å². The van der Waals surface area contributed by atoms with E-state index in [0.29, 0.717) is 29.2 Å². The molecule has 3 rings (SSSR count). The van der Waals surface area contributed by atoms with Gasteiger partial charge in [0.25, 0.3) is 0 Å². The lowest BCUT2D eigenvalue weighted by Crippen LogP contribution is -2.22. The summed E-state index contributed by atoms with van der Waals surface area (Å²) in [5.41, 5.74) is 2.05. The zero-order chi connectivity index (χ0) is 17.2. The summed E-state index contributed by atoms with van der Waals surface area (Å²) in [6.07, 6.45) is 12.5. The van der Waals surface area contributed by atoms with Crippen molar-refractivity contribution < 1.29 is 14.6 Å². The smallest absolute Gasteiger partial charge is 0.181 e. The van der Waals surface area contributed by atoms with Crippen molar-refractivity contribution in [3.63, 3.8) is 0 Å². The third-order valence-corrected chi connectivity index (χ3v) is 5.61. The Bertz CT molecular complexity index is 622. The van der Waals surface area contributed by atoms with E-state index in [9.17, 15) is 9.90 Å². The van der Waals surface area contributed by atoms with Crippen LogP contribution in [0.4, 0.5) is 0 Å². The fourth-order valence-electron chi connectivity index (χ4n) is 3.63. The first-order valence-corrected chi connectivity index (χ1v) is 8.95. The molecule has 1 heterocycles. The normalized spacial score (nSPS) is 20.1. The average Bonchev–Trinajstić information content (AvgIpc) is 3.37. The van der Waals surface area contributed by atoms with Crippen molar-refractivity contribution in [2.75, 3.05) is 13.7 Å². The van der Waals surface area contributed by atoms with E-state index in [2.05, 4.69) is 17.1 Å². The van der Waals surface area contributed by atoms with E-state index in [4.69, 9.17) is 4.74 Å². The molecule has 0 unspecified atom stereocenters. The van der Waals surface area contributed by atoms with Crippen LogP contribution in [0, 0.1) is 17.3 Å². The number of carbonyl (C=O) groups is 1. The molecule has 130 valence electrons. The van der Waals surface area contributed by atoms with E-state index in [1.165, 1.54) is 25.7 Å². The maximum atomic E-state index is 12.4. The van der Waals surface area contributed by atoms with Crippen molar-refractivity contribution >= 4 is 11.9 Å². The van der Waals surface area contributed by atoms with Crippen molar-refractivity contribution in [3.8, 4) is 5.75 Å². The Morgan fingerprint density at radius 3 is 2.83 bits per heavy atom. The fraction of sp³-hybridized carbons (Fsp3) is 0.600. The summed E-state index contributed by atoms with van der Waals surface area (Å²) in [4.78, 5) is 16.6. The van der Waals surface area contributed by atoms with Gasteiger partial charge >= 0.3 is 0 Å². The number of hydrogen-bond donors (Lipinski definition) is 1. The molecule has 1 spiro atoms. The maximum Gasteiger partial charge on any atom is 0.181 e. The second-order valence-corrected chi connectivity index (χ2v) is 7.42. The van der Waals surface area contributed by atoms with Gasteiger partial charge in [0.15, 0.2) is 5.78 Å². The van der Waals surface area contributed by atoms with Crippen molar-refractivity contribution in [1.29, 1.82) is 0 Å². The number of ether oxygens (including phenoxy) is 1. The van der Waals surface area contributed by atoms with Crippen LogP contribution in [0.5, 0.6) is 5.75 Å². The van der Waals surface area contributed by atoms with Crippen LogP contribution in [-0.2, 0) is 0 Å². The highest BCUT2D eigenvalue weighted by molar-refractivity contribution is 5.95. The Hall–Kier alpha value is -1.68. The number of aliphatic hydroxyl groups excluding tert-OH is 1. The molecule has 0 amide bonds. The molecule has 1 N–H and O–H groups in total. The average molecular weight is 329 g/mol. The van der Waals surface area contributed by atoms with Crippen molar-refractivity contribution in [1.82, 2.24) is 4.98 Å². The van der Waals surface area contributed by atoms with Gasteiger partial charge in [-0.25, -0.2) is 4.98 Å². The van der Waals surface area contributed by atoms with Crippen LogP contribution in [0.1, 0.15) is 61.5 Å². The lowest BCUT2D eigenvalue weighted by atomic mass is 9.72. The van der Waals surface area contributed by atoms with E-state index < -0.39 is 0 Å². The molecule has 2 aliphatic rings. The molecule has 0 bridgehead atoms. The van der Waals surface area contributed by atoms with Crippen LogP contribution in [-0.4, -0.2) is 29.6 Å². The van der Waals surface area contributed by atoms with Crippen LogP contribution in [0.15, 0.2) is 18.3 Å². The predicted molar refractivity (Wildman–Crippen MR) is 94.0 cm³/mol. The van der Waals surface area contributed by atoms with Gasteiger partial charge in [-0.2, -0.15) is 0 Å². The first-order chi connectivity index (χ1) is 11.6. The minimum Gasteiger partial charge on any atom is -0.495 e. The van der Waals surface area contributed by atoms with Gasteiger partial charge in [0, 0.05) is 18.6 Å². The van der Waals surface area contributed by atoms with Crippen molar-refractivity contribution in [2.24, 2.45) is 17.3 Å². The summed E-state index contributed by atoms with van der Waals surface area (Å²) in [6.45, 7) is 2.02. The second kappa shape index (κ2) is 7.06. The molecule has 0 saturated heterocycles. The van der Waals surface area contributed by atoms with E-state index in [-0.39, 0.29) is 18.3 Å². The number of aliphatic hydroxyl groups is 1. The zero-order valence-corrected chi connectivity index (χ0v) is 14.6. The van der Waals surface area contributed by atoms with E-state index in [1.807, 2.05) is 13.0 Å². The molecule has 0 aromatic carbocycles. The molecule has 0 aliphatic heterocycles. The Labute approximate surface area is 143 Å². The largest absolute Gasteiger partial charge is 0.495 e. The number of ketones is 1. The number of rotatable bonds is 8. The number of pyridine rings is 1. The van der Waals surface area contributed by atoms with Crippen LogP contribution in [0.2, 0.25) is 0 Å². The maximum absolute atomic E-state index is 12.4. The van der Waals surface area contributed by atoms with Gasteiger partial charge in [-0.15, -0.1) is 0 Å². The van der Waals surface area contributed by atoms with Crippen LogP contribution >= 0.6 is 0 Å². The summed E-state index contributed by atoms with van der Waals surface area (Å²) >= 11 is 0. The Morgan fingerprint density at radius 1 is 1.50 bits per heavy atom. The van der Waals surface area contributed by atoms with Gasteiger partial charge in [0.05, 0.1) is 13.3 Å². The number of allylic oxidation sites excluding steroid dienone is 1. The Balaban J connectivity index is 1.70. The molecule has 1 aromatic heterocycles. The number of aromatic nitrogens is 1. The summed E-state index contributed by atoms with van der Waals surface area (Å²) in [7, 11) is 1.62. The van der Waals surface area contributed by atoms with E-state index in [0.717, 1.165) is 12.0 Å². The highest BCUT2D eigenvalue weighted by Gasteiger charge is 2.51. The monoisotopic (exact) mass is 329 g/mol. The first-order valence-electron chi connectivity index (χ1n) is 8.95. The minimum atomic E-state index is -0.0196. The van der Waals surface area contributed by atoms with E-state index >= 15 is 0 Å². The number of methoxy groups -OCH3 is 1. The summed E-state index contributed by atoms with van der Waals surface area (Å²) in [5.74, 6) is 1.33. The molecule has 4 nitrogen and oxygen atoms in total. The first kappa shape index (κ1) is 17.2. The molecule has 4 heteroatoms. The zero-order valence-electron chi connectivity index (χ0n) is 14.6. The Morgan fingerprint density at radius 2 is 2.25 bits per heavy atom. The highest BCUT2D eigenvalue weighted by atomic mass is 16.5.